The molecule has 1 aliphatic rings. The molecule has 1 aromatic carbocycles. The van der Waals surface area contributed by atoms with Gasteiger partial charge in [-0.15, -0.1) is 10.2 Å². The molecular formula is C24H27N7O2. The van der Waals surface area contributed by atoms with Gasteiger partial charge in [-0.25, -0.2) is 15.0 Å². The molecule has 9 nitrogen and oxygen atoms in total. The highest BCUT2D eigenvalue weighted by molar-refractivity contribution is 5.88. The van der Waals surface area contributed by atoms with Crippen LogP contribution in [-0.2, 0) is 18.2 Å². The van der Waals surface area contributed by atoms with Crippen LogP contribution in [0, 0.1) is 12.8 Å². The van der Waals surface area contributed by atoms with Gasteiger partial charge in [-0.05, 0) is 26.0 Å². The van der Waals surface area contributed by atoms with Gasteiger partial charge >= 0.3 is 0 Å². The van der Waals surface area contributed by atoms with Gasteiger partial charge in [0.25, 0.3) is 0 Å². The van der Waals surface area contributed by atoms with Crippen LogP contribution in [0.1, 0.15) is 24.0 Å². The monoisotopic (exact) mass is 445 g/mol. The molecule has 0 radical (unpaired) electrons. The van der Waals surface area contributed by atoms with Crippen LogP contribution in [0.4, 0.5) is 5.82 Å². The number of nitrogens with zero attached hydrogens (tertiary/aromatic N) is 6. The third-order valence-electron chi connectivity index (χ3n) is 5.69. The molecule has 1 aliphatic heterocycles. The number of aryl methyl sites for hydroxylation is 2. The first-order chi connectivity index (χ1) is 16.1. The molecule has 4 heterocycles. The van der Waals surface area contributed by atoms with Crippen LogP contribution in [0.15, 0.2) is 36.8 Å². The Balaban J connectivity index is 1.45. The topological polar surface area (TPSA) is 99.9 Å². The number of anilines is 1. The van der Waals surface area contributed by atoms with Gasteiger partial charge in [-0.1, -0.05) is 12.1 Å². The molecule has 5 rings (SSSR count). The smallest absolute Gasteiger partial charge is 0.163 e. The largest absolute Gasteiger partial charge is 0.494 e. The van der Waals surface area contributed by atoms with Gasteiger partial charge in [0.15, 0.2) is 11.6 Å². The van der Waals surface area contributed by atoms with E-state index in [9.17, 15) is 0 Å². The van der Waals surface area contributed by atoms with E-state index in [1.807, 2.05) is 55.9 Å². The van der Waals surface area contributed by atoms with Crippen LogP contribution in [0.25, 0.3) is 22.3 Å². The molecule has 0 bridgehead atoms. The maximum atomic E-state index is 5.95. The fraction of sp³-hybridized carbons (Fsp3) is 0.375. The first-order valence-corrected chi connectivity index (χ1v) is 11.2. The molecule has 0 atom stereocenters. The Kier molecular flexibility index (Phi) is 5.87. The quantitative estimate of drug-likeness (QED) is 0.441. The Hall–Kier alpha value is -3.59. The molecule has 1 saturated heterocycles. The summed E-state index contributed by atoms with van der Waals surface area (Å²) in [4.78, 5) is 14.2. The fourth-order valence-electron chi connectivity index (χ4n) is 3.91. The number of rotatable bonds is 8. The third-order valence-corrected chi connectivity index (χ3v) is 5.69. The summed E-state index contributed by atoms with van der Waals surface area (Å²) in [5.41, 5.74) is 3.74. The predicted molar refractivity (Wildman–Crippen MR) is 125 cm³/mol. The van der Waals surface area contributed by atoms with E-state index in [0.717, 1.165) is 70.7 Å². The summed E-state index contributed by atoms with van der Waals surface area (Å²) in [5.74, 6) is 3.62. The molecule has 0 unspecified atom stereocenters. The highest BCUT2D eigenvalue weighted by Gasteiger charge is 2.19. The van der Waals surface area contributed by atoms with Crippen LogP contribution < -0.4 is 10.1 Å². The molecule has 3 aromatic heterocycles. The number of hydrogen-bond acceptors (Lipinski definition) is 8. The van der Waals surface area contributed by atoms with E-state index >= 15 is 0 Å². The first-order valence-electron chi connectivity index (χ1n) is 11.2. The molecular weight excluding hydrogens is 418 g/mol. The molecule has 0 spiro atoms. The lowest BCUT2D eigenvalue weighted by Gasteiger charge is -2.26. The second-order valence-corrected chi connectivity index (χ2v) is 8.32. The van der Waals surface area contributed by atoms with Crippen LogP contribution >= 0.6 is 0 Å². The van der Waals surface area contributed by atoms with Gasteiger partial charge in [-0.3, -0.25) is 0 Å². The van der Waals surface area contributed by atoms with E-state index < -0.39 is 0 Å². The van der Waals surface area contributed by atoms with Crippen molar-refractivity contribution in [1.29, 1.82) is 0 Å². The molecule has 0 aliphatic carbocycles. The van der Waals surface area contributed by atoms with Crippen LogP contribution in [0.2, 0.25) is 0 Å². The van der Waals surface area contributed by atoms with Gasteiger partial charge in [0, 0.05) is 54.3 Å². The Morgan fingerprint density at radius 2 is 2.09 bits per heavy atom. The summed E-state index contributed by atoms with van der Waals surface area (Å²) in [6.07, 6.45) is 4.11. The molecule has 170 valence electrons. The molecule has 1 fully saturated rings. The lowest BCUT2D eigenvalue weighted by Crippen LogP contribution is -2.33. The minimum Gasteiger partial charge on any atom is -0.494 e. The summed E-state index contributed by atoms with van der Waals surface area (Å²) >= 11 is 0. The van der Waals surface area contributed by atoms with Crippen molar-refractivity contribution in [3.63, 3.8) is 0 Å². The summed E-state index contributed by atoms with van der Waals surface area (Å²) in [7, 11) is 1.92. The number of nitrogens with one attached hydrogen (secondary N) is 1. The zero-order chi connectivity index (χ0) is 22.8. The molecule has 33 heavy (non-hydrogen) atoms. The SMILES string of the molecule is CCOc1cc(-c2nncn2C)ccc1Cc1ncc2cc(C)nc(NCC3COC3)c2n1. The van der Waals surface area contributed by atoms with Crippen molar-refractivity contribution in [2.75, 3.05) is 31.7 Å². The summed E-state index contributed by atoms with van der Waals surface area (Å²) in [6.45, 7) is 6.93. The van der Waals surface area contributed by atoms with Crippen molar-refractivity contribution in [2.45, 2.75) is 20.3 Å². The number of aromatic nitrogens is 6. The van der Waals surface area contributed by atoms with Crippen LogP contribution in [-0.4, -0.2) is 56.1 Å². The van der Waals surface area contributed by atoms with E-state index in [1.165, 1.54) is 0 Å². The zero-order valence-electron chi connectivity index (χ0n) is 19.1. The van der Waals surface area contributed by atoms with E-state index in [-0.39, 0.29) is 0 Å². The van der Waals surface area contributed by atoms with E-state index in [4.69, 9.17) is 19.4 Å². The number of hydrogen-bond donors (Lipinski definition) is 1. The summed E-state index contributed by atoms with van der Waals surface area (Å²) in [5, 5.41) is 12.6. The predicted octanol–water partition coefficient (Wildman–Crippen LogP) is 3.18. The maximum Gasteiger partial charge on any atom is 0.163 e. The lowest BCUT2D eigenvalue weighted by molar-refractivity contribution is -0.0248. The van der Waals surface area contributed by atoms with Gasteiger partial charge < -0.3 is 19.4 Å². The first kappa shape index (κ1) is 21.3. The van der Waals surface area contributed by atoms with Crippen molar-refractivity contribution < 1.29 is 9.47 Å². The normalized spacial score (nSPS) is 13.8. The van der Waals surface area contributed by atoms with E-state index in [2.05, 4.69) is 20.5 Å². The second kappa shape index (κ2) is 9.11. The van der Waals surface area contributed by atoms with Crippen LogP contribution in [0.3, 0.4) is 0 Å². The van der Waals surface area contributed by atoms with Gasteiger partial charge in [0.1, 0.15) is 23.4 Å². The lowest BCUT2D eigenvalue weighted by atomic mass is 10.1. The average molecular weight is 446 g/mol. The van der Waals surface area contributed by atoms with Gasteiger partial charge in [0.05, 0.1) is 19.8 Å². The third kappa shape index (κ3) is 4.49. The maximum absolute atomic E-state index is 5.95. The molecule has 0 saturated carbocycles. The highest BCUT2D eigenvalue weighted by atomic mass is 16.5. The number of pyridine rings is 1. The van der Waals surface area contributed by atoms with Gasteiger partial charge in [-0.2, -0.15) is 0 Å². The highest BCUT2D eigenvalue weighted by Crippen LogP contribution is 2.28. The fourth-order valence-corrected chi connectivity index (χ4v) is 3.91. The van der Waals surface area contributed by atoms with Crippen molar-refractivity contribution in [3.05, 3.63) is 53.9 Å². The second-order valence-electron chi connectivity index (χ2n) is 8.32. The minimum absolute atomic E-state index is 0.518. The Bertz CT molecular complexity index is 1280. The van der Waals surface area contributed by atoms with E-state index in [1.54, 1.807) is 6.33 Å². The number of benzene rings is 1. The van der Waals surface area contributed by atoms with Crippen molar-refractivity contribution in [2.24, 2.45) is 13.0 Å². The summed E-state index contributed by atoms with van der Waals surface area (Å²) < 4.78 is 13.1. The molecule has 4 aromatic rings. The Morgan fingerprint density at radius 3 is 2.82 bits per heavy atom. The van der Waals surface area contributed by atoms with Gasteiger partial charge in [0.2, 0.25) is 0 Å². The number of ether oxygens (including phenoxy) is 2. The molecule has 1 N–H and O–H groups in total. The van der Waals surface area contributed by atoms with Crippen LogP contribution in [0.5, 0.6) is 5.75 Å². The minimum atomic E-state index is 0.518. The summed E-state index contributed by atoms with van der Waals surface area (Å²) in [6, 6.07) is 8.09. The molecule has 9 heteroatoms. The van der Waals surface area contributed by atoms with Crippen molar-refractivity contribution in [3.8, 4) is 17.1 Å². The number of fused-ring (bicyclic) bond motifs is 1. The molecule has 0 amide bonds. The zero-order valence-corrected chi connectivity index (χ0v) is 19.1. The standard InChI is InChI=1S/C24H27N7O2/c1-4-33-20-8-18(24-30-27-14-31(24)3)6-5-17(20)9-21-25-11-19-7-15(2)28-23(22(19)29-21)26-10-16-12-32-13-16/h5-8,11,14,16H,4,9-10,12-13H2,1-3H3,(H,26,28). The average Bonchev–Trinajstić information content (AvgIpc) is 3.20. The van der Waals surface area contributed by atoms with E-state index in [0.29, 0.717) is 18.9 Å². The Labute approximate surface area is 192 Å². The Morgan fingerprint density at radius 1 is 1.21 bits per heavy atom. The van der Waals surface area contributed by atoms with Crippen molar-refractivity contribution >= 4 is 16.7 Å². The van der Waals surface area contributed by atoms with Crippen molar-refractivity contribution in [1.82, 2.24) is 29.7 Å².